The molecule has 0 nitrogen and oxygen atoms in total. The van der Waals surface area contributed by atoms with Gasteiger partial charge < -0.3 is 0 Å². The summed E-state index contributed by atoms with van der Waals surface area (Å²) in [5.74, 6) is 0. The number of hydrogen-bond acceptors (Lipinski definition) is 1. The first-order valence-electron chi connectivity index (χ1n) is 7.82. The molecule has 0 amide bonds. The molecule has 3 aromatic carbocycles. The van der Waals surface area contributed by atoms with Crippen LogP contribution in [0.15, 0.2) is 72.8 Å². The first-order valence-corrected chi connectivity index (χ1v) is 13.3. The summed E-state index contributed by atoms with van der Waals surface area (Å²) in [5, 5.41) is 0. The predicted molar refractivity (Wildman–Crippen MR) is 106 cm³/mol. The fourth-order valence-corrected chi connectivity index (χ4v) is 10.1. The molecule has 0 spiro atoms. The molecule has 0 saturated carbocycles. The van der Waals surface area contributed by atoms with Gasteiger partial charge in [-0.05, 0) is 0 Å². The molecule has 0 bridgehead atoms. The van der Waals surface area contributed by atoms with Crippen molar-refractivity contribution < 1.29 is 0 Å². The van der Waals surface area contributed by atoms with Crippen LogP contribution in [0.1, 0.15) is 16.7 Å². The summed E-state index contributed by atoms with van der Waals surface area (Å²) in [4.78, 5) is 0. The zero-order valence-electron chi connectivity index (χ0n) is 13.8. The molecule has 3 rings (SSSR count). The molecule has 0 aliphatic heterocycles. The normalized spacial score (nSPS) is 11.4. The van der Waals surface area contributed by atoms with Crippen LogP contribution in [0.5, 0.6) is 0 Å². The quantitative estimate of drug-likeness (QED) is 0.624. The Morgan fingerprint density at radius 3 is 0.913 bits per heavy atom. The Morgan fingerprint density at radius 2 is 0.696 bits per heavy atom. The molecule has 116 valence electrons. The van der Waals surface area contributed by atoms with E-state index in [2.05, 4.69) is 93.6 Å². The Labute approximate surface area is 145 Å². The minimum atomic E-state index is -2.79. The van der Waals surface area contributed by atoms with Crippen LogP contribution in [0.25, 0.3) is 0 Å². The van der Waals surface area contributed by atoms with Gasteiger partial charge in [0.05, 0.1) is 0 Å². The van der Waals surface area contributed by atoms with Crippen LogP contribution >= 0.6 is 10.4 Å². The van der Waals surface area contributed by atoms with Crippen molar-refractivity contribution in [3.05, 3.63) is 89.5 Å². The van der Waals surface area contributed by atoms with Gasteiger partial charge in [-0.1, -0.05) is 0 Å². The zero-order chi connectivity index (χ0) is 16.4. The summed E-state index contributed by atoms with van der Waals surface area (Å²) in [6.07, 6.45) is 0. The van der Waals surface area contributed by atoms with Crippen LogP contribution in [0, 0.1) is 20.8 Å². The molecule has 0 aliphatic rings. The van der Waals surface area contributed by atoms with Gasteiger partial charge in [0.25, 0.3) is 0 Å². The molecule has 0 radical (unpaired) electrons. The molecule has 23 heavy (non-hydrogen) atoms. The second-order valence-corrected chi connectivity index (χ2v) is 14.8. The van der Waals surface area contributed by atoms with Gasteiger partial charge in [-0.2, -0.15) is 0 Å². The maximum atomic E-state index is 6.40. The predicted octanol–water partition coefficient (Wildman–Crippen LogP) is 3.78. The van der Waals surface area contributed by atoms with Crippen LogP contribution in [0.2, 0.25) is 0 Å². The molecule has 0 aliphatic carbocycles. The average molecular weight is 380 g/mol. The standard InChI is InChI=1S/C21H21AsS/c1-16-4-10-19(11-5-16)22(23,20-12-6-17(2)7-13-20)21-14-8-18(3)9-15-21/h4-15H,1-3H3. The van der Waals surface area contributed by atoms with E-state index < -0.39 is 11.9 Å². The molecular weight excluding hydrogens is 359 g/mol. The third kappa shape index (κ3) is 3.22. The van der Waals surface area contributed by atoms with Gasteiger partial charge in [-0.15, -0.1) is 0 Å². The molecular formula is C21H21AsS. The van der Waals surface area contributed by atoms with E-state index in [0.717, 1.165) is 0 Å². The molecule has 0 fully saturated rings. The van der Waals surface area contributed by atoms with Gasteiger partial charge >= 0.3 is 146 Å². The number of rotatable bonds is 3. The Bertz CT molecular complexity index is 726. The Hall–Kier alpha value is -1.56. The summed E-state index contributed by atoms with van der Waals surface area (Å²) in [6.45, 7) is 6.37. The van der Waals surface area contributed by atoms with Crippen LogP contribution in [0.3, 0.4) is 0 Å². The van der Waals surface area contributed by atoms with E-state index in [0.29, 0.717) is 0 Å². The van der Waals surface area contributed by atoms with E-state index >= 15 is 0 Å². The summed E-state index contributed by atoms with van der Waals surface area (Å²) in [5.41, 5.74) is 3.83. The van der Waals surface area contributed by atoms with E-state index in [1.165, 1.54) is 29.7 Å². The van der Waals surface area contributed by atoms with Crippen molar-refractivity contribution in [3.63, 3.8) is 0 Å². The number of benzene rings is 3. The molecule has 0 heterocycles. The summed E-state index contributed by atoms with van der Waals surface area (Å²) in [7, 11) is 6.40. The van der Waals surface area contributed by atoms with Crippen molar-refractivity contribution in [1.82, 2.24) is 0 Å². The second-order valence-electron chi connectivity index (χ2n) is 6.12. The number of aryl methyl sites for hydroxylation is 3. The van der Waals surface area contributed by atoms with Gasteiger partial charge in [0.1, 0.15) is 0 Å². The van der Waals surface area contributed by atoms with Crippen molar-refractivity contribution in [2.24, 2.45) is 0 Å². The van der Waals surface area contributed by atoms with Crippen LogP contribution in [0.4, 0.5) is 0 Å². The van der Waals surface area contributed by atoms with Gasteiger partial charge in [0.15, 0.2) is 0 Å². The minimum absolute atomic E-state index is 1.28. The monoisotopic (exact) mass is 380 g/mol. The zero-order valence-corrected chi connectivity index (χ0v) is 16.5. The summed E-state index contributed by atoms with van der Waals surface area (Å²) in [6, 6.07) is 26.5. The molecule has 0 N–H and O–H groups in total. The fraction of sp³-hybridized carbons (Fsp3) is 0.143. The molecule has 0 unspecified atom stereocenters. The van der Waals surface area contributed by atoms with E-state index in [4.69, 9.17) is 10.4 Å². The second kappa shape index (κ2) is 6.51. The average Bonchev–Trinajstić information content (AvgIpc) is 2.56. The van der Waals surface area contributed by atoms with Crippen molar-refractivity contribution in [3.8, 4) is 0 Å². The Morgan fingerprint density at radius 1 is 0.478 bits per heavy atom. The van der Waals surface area contributed by atoms with E-state index in [-0.39, 0.29) is 0 Å². The van der Waals surface area contributed by atoms with Crippen molar-refractivity contribution in [2.45, 2.75) is 20.8 Å². The molecule has 3 aromatic rings. The third-order valence-corrected chi connectivity index (χ3v) is 13.9. The van der Waals surface area contributed by atoms with Gasteiger partial charge in [0, 0.05) is 0 Å². The van der Waals surface area contributed by atoms with Gasteiger partial charge in [-0.25, -0.2) is 0 Å². The third-order valence-electron chi connectivity index (χ3n) is 4.19. The van der Waals surface area contributed by atoms with E-state index in [1.807, 2.05) is 0 Å². The van der Waals surface area contributed by atoms with E-state index in [1.54, 1.807) is 0 Å². The summed E-state index contributed by atoms with van der Waals surface area (Å²) >= 11 is -2.79. The van der Waals surface area contributed by atoms with Crippen molar-refractivity contribution in [2.75, 3.05) is 0 Å². The Kier molecular flexibility index (Phi) is 4.62. The van der Waals surface area contributed by atoms with Crippen molar-refractivity contribution in [1.29, 1.82) is 0 Å². The summed E-state index contributed by atoms with van der Waals surface area (Å²) < 4.78 is 3.95. The SMILES string of the molecule is Cc1ccc([As](=S)(c2ccc(C)cc2)c2ccc(C)cc2)cc1. The fourth-order valence-electron chi connectivity index (χ4n) is 2.71. The van der Waals surface area contributed by atoms with Crippen LogP contribution in [-0.2, 0) is 0 Å². The topological polar surface area (TPSA) is 0 Å². The number of hydrogen-bond donors (Lipinski definition) is 0. The molecule has 0 aromatic heterocycles. The van der Waals surface area contributed by atoms with Crippen LogP contribution in [-0.4, -0.2) is 11.9 Å². The first-order chi connectivity index (χ1) is 11.0. The van der Waals surface area contributed by atoms with Gasteiger partial charge in [-0.3, -0.25) is 0 Å². The molecule has 0 atom stereocenters. The van der Waals surface area contributed by atoms with Crippen molar-refractivity contribution >= 4 is 35.3 Å². The van der Waals surface area contributed by atoms with E-state index in [9.17, 15) is 0 Å². The molecule has 2 heteroatoms. The first kappa shape index (κ1) is 16.3. The maximum absolute atomic E-state index is 6.40. The van der Waals surface area contributed by atoms with Gasteiger partial charge in [0.2, 0.25) is 0 Å². The Balaban J connectivity index is 2.24. The molecule has 0 saturated heterocycles. The van der Waals surface area contributed by atoms with Crippen LogP contribution < -0.4 is 13.1 Å².